The Morgan fingerprint density at radius 1 is 1.18 bits per heavy atom. The summed E-state index contributed by atoms with van der Waals surface area (Å²) in [5.74, 6) is 0.252. The normalized spacial score (nSPS) is 27.5. The van der Waals surface area contributed by atoms with E-state index in [1.54, 1.807) is 24.3 Å². The number of phenolic OH excluding ortho intramolecular Hbond substituents is 1. The zero-order chi connectivity index (χ0) is 19.7. The van der Waals surface area contributed by atoms with Crippen molar-refractivity contribution in [2.45, 2.75) is 49.7 Å². The highest BCUT2D eigenvalue weighted by molar-refractivity contribution is 5.36. The number of nitrogens with zero attached hydrogens (tertiary/aromatic N) is 2. The molecule has 3 atom stereocenters. The number of fused-ring (bicyclic) bond motifs is 2. The molecule has 2 N–H and O–H groups in total. The van der Waals surface area contributed by atoms with Gasteiger partial charge in [-0.05, 0) is 55.5 Å². The van der Waals surface area contributed by atoms with Gasteiger partial charge in [0.2, 0.25) is 0 Å². The molecule has 2 aromatic carbocycles. The van der Waals surface area contributed by atoms with E-state index in [9.17, 15) is 20.3 Å². The van der Waals surface area contributed by atoms with Gasteiger partial charge >= 0.3 is 0 Å². The van der Waals surface area contributed by atoms with E-state index in [2.05, 4.69) is 4.90 Å². The highest BCUT2D eigenvalue weighted by Crippen LogP contribution is 2.47. The standard InChI is InChI=1S/C22H26N2O4/c25-19-4-1-3-17(15-19)22-11-2-5-20(21(22)26)23(14-12-22)13-10-16-6-8-18(9-7-16)24(27)28/h1,3-4,6-9,15,20-21,25-26H,2,5,10-14H2/t20-,21-,22-/m1/s1. The highest BCUT2D eigenvalue weighted by Gasteiger charge is 2.50. The van der Waals surface area contributed by atoms with Crippen molar-refractivity contribution in [2.24, 2.45) is 0 Å². The Balaban J connectivity index is 1.47. The van der Waals surface area contributed by atoms with Crippen molar-refractivity contribution in [2.75, 3.05) is 13.1 Å². The maximum atomic E-state index is 11.3. The van der Waals surface area contributed by atoms with Crippen LogP contribution in [-0.4, -0.2) is 45.3 Å². The van der Waals surface area contributed by atoms with Crippen molar-refractivity contribution in [3.63, 3.8) is 0 Å². The average Bonchev–Trinajstić information content (AvgIpc) is 2.68. The van der Waals surface area contributed by atoms with Crippen LogP contribution >= 0.6 is 0 Å². The van der Waals surface area contributed by atoms with Crippen LogP contribution in [0.25, 0.3) is 0 Å². The first-order chi connectivity index (χ1) is 13.5. The fourth-order valence-corrected chi connectivity index (χ4v) is 5.07. The van der Waals surface area contributed by atoms with Crippen LogP contribution in [0.5, 0.6) is 5.75 Å². The molecule has 0 spiro atoms. The Kier molecular flexibility index (Phi) is 5.08. The van der Waals surface area contributed by atoms with E-state index in [-0.39, 0.29) is 27.8 Å². The number of likely N-dealkylation sites (tertiary alicyclic amines) is 1. The van der Waals surface area contributed by atoms with Crippen LogP contribution < -0.4 is 0 Å². The fraction of sp³-hybridized carbons (Fsp3) is 0.455. The molecule has 1 aliphatic heterocycles. The minimum Gasteiger partial charge on any atom is -0.508 e. The number of piperidine rings is 1. The molecule has 2 bridgehead atoms. The molecule has 1 heterocycles. The quantitative estimate of drug-likeness (QED) is 0.611. The highest BCUT2D eigenvalue weighted by atomic mass is 16.6. The van der Waals surface area contributed by atoms with Gasteiger partial charge in [0.15, 0.2) is 0 Å². The number of hydrogen-bond donors (Lipinski definition) is 2. The largest absolute Gasteiger partial charge is 0.508 e. The molecule has 0 aromatic heterocycles. The Morgan fingerprint density at radius 3 is 2.68 bits per heavy atom. The summed E-state index contributed by atoms with van der Waals surface area (Å²) in [5, 5.41) is 32.0. The fourth-order valence-electron chi connectivity index (χ4n) is 5.07. The van der Waals surface area contributed by atoms with Crippen molar-refractivity contribution >= 4 is 5.69 Å². The zero-order valence-corrected chi connectivity index (χ0v) is 15.8. The minimum atomic E-state index is -0.450. The monoisotopic (exact) mass is 382 g/mol. The number of aliphatic hydroxyl groups is 1. The number of aromatic hydroxyl groups is 1. The first-order valence-electron chi connectivity index (χ1n) is 9.94. The summed E-state index contributed by atoms with van der Waals surface area (Å²) in [6.45, 7) is 1.74. The van der Waals surface area contributed by atoms with Gasteiger partial charge < -0.3 is 10.2 Å². The lowest BCUT2D eigenvalue weighted by Crippen LogP contribution is -2.62. The summed E-state index contributed by atoms with van der Waals surface area (Å²) in [6.07, 6.45) is 4.21. The topological polar surface area (TPSA) is 86.8 Å². The molecule has 2 aliphatic rings. The van der Waals surface area contributed by atoms with Crippen molar-refractivity contribution in [1.29, 1.82) is 0 Å². The van der Waals surface area contributed by atoms with E-state index < -0.39 is 6.10 Å². The molecular formula is C22H26N2O4. The number of non-ortho nitro benzene ring substituents is 1. The number of aliphatic hydroxyl groups excluding tert-OH is 1. The predicted octanol–water partition coefficient (Wildman–Crippen LogP) is 3.40. The molecule has 28 heavy (non-hydrogen) atoms. The lowest BCUT2D eigenvalue weighted by atomic mass is 9.61. The second kappa shape index (κ2) is 7.53. The predicted molar refractivity (Wildman–Crippen MR) is 106 cm³/mol. The molecule has 2 fully saturated rings. The maximum Gasteiger partial charge on any atom is 0.269 e. The van der Waals surface area contributed by atoms with Crippen LogP contribution in [-0.2, 0) is 11.8 Å². The summed E-state index contributed by atoms with van der Waals surface area (Å²) in [4.78, 5) is 12.8. The van der Waals surface area contributed by atoms with Crippen molar-refractivity contribution in [3.05, 3.63) is 69.8 Å². The Labute approximate surface area is 164 Å². The van der Waals surface area contributed by atoms with Gasteiger partial charge in [-0.25, -0.2) is 0 Å². The Morgan fingerprint density at radius 2 is 1.96 bits per heavy atom. The molecule has 0 amide bonds. The summed E-state index contributed by atoms with van der Waals surface area (Å²) < 4.78 is 0. The van der Waals surface area contributed by atoms with Crippen molar-refractivity contribution in [1.82, 2.24) is 4.90 Å². The van der Waals surface area contributed by atoms with Gasteiger partial charge in [-0.3, -0.25) is 15.0 Å². The summed E-state index contributed by atoms with van der Waals surface area (Å²) in [5.41, 5.74) is 1.95. The van der Waals surface area contributed by atoms with Gasteiger partial charge in [0.25, 0.3) is 5.69 Å². The molecule has 6 heteroatoms. The minimum absolute atomic E-state index is 0.111. The van der Waals surface area contributed by atoms with E-state index in [0.29, 0.717) is 0 Å². The number of rotatable bonds is 5. The zero-order valence-electron chi connectivity index (χ0n) is 15.8. The third kappa shape index (κ3) is 3.38. The van der Waals surface area contributed by atoms with E-state index in [1.165, 1.54) is 0 Å². The van der Waals surface area contributed by atoms with Crippen LogP contribution in [0.2, 0.25) is 0 Å². The van der Waals surface area contributed by atoms with Crippen molar-refractivity contribution in [3.8, 4) is 5.75 Å². The first kappa shape index (κ1) is 18.9. The van der Waals surface area contributed by atoms with E-state index in [1.807, 2.05) is 24.3 Å². The lowest BCUT2D eigenvalue weighted by Gasteiger charge is -2.54. The van der Waals surface area contributed by atoms with E-state index in [0.717, 1.165) is 56.3 Å². The molecule has 2 aromatic rings. The SMILES string of the molecule is O=[N+]([O-])c1ccc(CCN2CC[C@@]3(c4cccc(O)c4)CCC[C@@H]2[C@H]3O)cc1. The molecule has 0 unspecified atom stereocenters. The summed E-state index contributed by atoms with van der Waals surface area (Å²) in [7, 11) is 0. The Bertz CT molecular complexity index is 854. The molecule has 1 saturated heterocycles. The molecule has 4 rings (SSSR count). The van der Waals surface area contributed by atoms with Crippen LogP contribution in [0.15, 0.2) is 48.5 Å². The molecule has 1 aliphatic carbocycles. The second-order valence-corrected chi connectivity index (χ2v) is 8.07. The summed E-state index contributed by atoms with van der Waals surface area (Å²) >= 11 is 0. The van der Waals surface area contributed by atoms with Crippen LogP contribution in [0, 0.1) is 10.1 Å². The smallest absolute Gasteiger partial charge is 0.269 e. The van der Waals surface area contributed by atoms with Gasteiger partial charge in [-0.15, -0.1) is 0 Å². The van der Waals surface area contributed by atoms with E-state index >= 15 is 0 Å². The third-order valence-corrected chi connectivity index (χ3v) is 6.62. The number of benzene rings is 2. The number of hydrogen-bond acceptors (Lipinski definition) is 5. The lowest BCUT2D eigenvalue weighted by molar-refractivity contribution is -0.384. The van der Waals surface area contributed by atoms with Crippen LogP contribution in [0.3, 0.4) is 0 Å². The van der Waals surface area contributed by atoms with E-state index in [4.69, 9.17) is 0 Å². The molecule has 1 saturated carbocycles. The molecule has 148 valence electrons. The average molecular weight is 382 g/mol. The van der Waals surface area contributed by atoms with Gasteiger partial charge in [-0.2, -0.15) is 0 Å². The number of nitro benzene ring substituents is 1. The third-order valence-electron chi connectivity index (χ3n) is 6.62. The maximum absolute atomic E-state index is 11.3. The molecule has 0 radical (unpaired) electrons. The Hall–Kier alpha value is -2.44. The van der Waals surface area contributed by atoms with Gasteiger partial charge in [0.1, 0.15) is 5.75 Å². The summed E-state index contributed by atoms with van der Waals surface area (Å²) in [6, 6.07) is 14.2. The second-order valence-electron chi connectivity index (χ2n) is 8.07. The molecule has 6 nitrogen and oxygen atoms in total. The van der Waals surface area contributed by atoms with Crippen molar-refractivity contribution < 1.29 is 15.1 Å². The van der Waals surface area contributed by atoms with Gasteiger partial charge in [0, 0.05) is 30.1 Å². The first-order valence-corrected chi connectivity index (χ1v) is 9.94. The number of phenols is 1. The van der Waals surface area contributed by atoms with Crippen LogP contribution in [0.1, 0.15) is 36.8 Å². The van der Waals surface area contributed by atoms with Crippen LogP contribution in [0.4, 0.5) is 5.69 Å². The van der Waals surface area contributed by atoms with Gasteiger partial charge in [-0.1, -0.05) is 30.7 Å². The number of nitro groups is 1. The van der Waals surface area contributed by atoms with Gasteiger partial charge in [0.05, 0.1) is 11.0 Å². The molecular weight excluding hydrogens is 356 g/mol.